The molecule has 1 saturated heterocycles. The van der Waals surface area contributed by atoms with E-state index in [9.17, 15) is 18.4 Å². The third-order valence-electron chi connectivity index (χ3n) is 2.64. The number of cyclic esters (lactones) is 1. The Bertz CT molecular complexity index is 508. The molecule has 1 fully saturated rings. The Hall–Kier alpha value is -1.89. The van der Waals surface area contributed by atoms with Crippen LogP contribution in [0.15, 0.2) is 24.3 Å². The van der Waals surface area contributed by atoms with Gasteiger partial charge in [0.05, 0.1) is 0 Å². The van der Waals surface area contributed by atoms with E-state index in [2.05, 4.69) is 15.4 Å². The molecule has 110 valence electrons. The predicted molar refractivity (Wildman–Crippen MR) is 70.2 cm³/mol. The van der Waals surface area contributed by atoms with Crippen LogP contribution in [0.5, 0.6) is 0 Å². The molecular weight excluding hydrogens is 294 g/mol. The zero-order valence-corrected chi connectivity index (χ0v) is 11.3. The van der Waals surface area contributed by atoms with Crippen LogP contribution in [0.4, 0.5) is 19.3 Å². The second-order valence-electron chi connectivity index (χ2n) is 4.22. The zero-order valence-electron chi connectivity index (χ0n) is 10.5. The van der Waals surface area contributed by atoms with Crippen LogP contribution in [0, 0.1) is 0 Å². The Morgan fingerprint density at radius 3 is 2.55 bits per heavy atom. The number of rotatable bonds is 2. The molecule has 0 saturated carbocycles. The average molecular weight is 307 g/mol. The van der Waals surface area contributed by atoms with Gasteiger partial charge in [0, 0.05) is 12.6 Å². The first-order chi connectivity index (χ1) is 8.88. The Balaban J connectivity index is 0.00000200. The molecule has 2 amide bonds. The first-order valence-electron chi connectivity index (χ1n) is 5.57. The SMILES string of the molecule is CC(=O)Nc1ccc([C@@H]2NC(=O)OCC2(F)F)cc1.Cl. The number of ether oxygens (including phenoxy) is 1. The highest BCUT2D eigenvalue weighted by atomic mass is 35.5. The summed E-state index contributed by atoms with van der Waals surface area (Å²) in [5.41, 5.74) is 0.744. The number of alkyl carbamates (subject to hydrolysis) is 1. The third kappa shape index (κ3) is 3.57. The van der Waals surface area contributed by atoms with E-state index < -0.39 is 24.7 Å². The lowest BCUT2D eigenvalue weighted by molar-refractivity contribution is -0.114. The van der Waals surface area contributed by atoms with Gasteiger partial charge in [-0.15, -0.1) is 12.4 Å². The lowest BCUT2D eigenvalue weighted by atomic mass is 10.00. The molecule has 0 bridgehead atoms. The molecular formula is C12H13ClF2N2O3. The fourth-order valence-corrected chi connectivity index (χ4v) is 1.80. The highest BCUT2D eigenvalue weighted by molar-refractivity contribution is 5.88. The number of halogens is 3. The van der Waals surface area contributed by atoms with Crippen molar-refractivity contribution in [2.75, 3.05) is 11.9 Å². The van der Waals surface area contributed by atoms with Gasteiger partial charge < -0.3 is 15.4 Å². The average Bonchev–Trinajstić information content (AvgIpc) is 2.33. The van der Waals surface area contributed by atoms with E-state index in [1.54, 1.807) is 0 Å². The first kappa shape index (κ1) is 16.2. The summed E-state index contributed by atoms with van der Waals surface area (Å²) in [6, 6.07) is 4.41. The van der Waals surface area contributed by atoms with Crippen molar-refractivity contribution in [3.8, 4) is 0 Å². The molecule has 0 unspecified atom stereocenters. The van der Waals surface area contributed by atoms with Crippen LogP contribution in [-0.2, 0) is 9.53 Å². The van der Waals surface area contributed by atoms with Gasteiger partial charge in [-0.05, 0) is 17.7 Å². The summed E-state index contributed by atoms with van der Waals surface area (Å²) in [5, 5.41) is 4.61. The van der Waals surface area contributed by atoms with Crippen molar-refractivity contribution >= 4 is 30.1 Å². The highest BCUT2D eigenvalue weighted by Crippen LogP contribution is 2.34. The van der Waals surface area contributed by atoms with Crippen LogP contribution in [0.25, 0.3) is 0 Å². The predicted octanol–water partition coefficient (Wildman–Crippen LogP) is 2.48. The molecule has 8 heteroatoms. The number of benzene rings is 1. The van der Waals surface area contributed by atoms with Gasteiger partial charge in [-0.2, -0.15) is 0 Å². The summed E-state index contributed by atoms with van der Waals surface area (Å²) < 4.78 is 31.5. The van der Waals surface area contributed by atoms with Gasteiger partial charge in [-0.3, -0.25) is 4.79 Å². The van der Waals surface area contributed by atoms with E-state index in [-0.39, 0.29) is 23.9 Å². The van der Waals surface area contributed by atoms with Crippen molar-refractivity contribution in [1.82, 2.24) is 5.32 Å². The summed E-state index contributed by atoms with van der Waals surface area (Å²) in [4.78, 5) is 21.9. The zero-order chi connectivity index (χ0) is 14.0. The van der Waals surface area contributed by atoms with Gasteiger partial charge in [-0.1, -0.05) is 12.1 Å². The highest BCUT2D eigenvalue weighted by Gasteiger charge is 2.46. The van der Waals surface area contributed by atoms with Gasteiger partial charge in [0.25, 0.3) is 0 Å². The quantitative estimate of drug-likeness (QED) is 0.882. The van der Waals surface area contributed by atoms with Crippen molar-refractivity contribution in [2.45, 2.75) is 18.9 Å². The topological polar surface area (TPSA) is 67.4 Å². The molecule has 0 aromatic heterocycles. The lowest BCUT2D eigenvalue weighted by Gasteiger charge is -2.31. The summed E-state index contributed by atoms with van der Waals surface area (Å²) >= 11 is 0. The molecule has 0 radical (unpaired) electrons. The fourth-order valence-electron chi connectivity index (χ4n) is 1.80. The monoisotopic (exact) mass is 306 g/mol. The molecule has 1 aromatic rings. The molecule has 20 heavy (non-hydrogen) atoms. The standard InChI is InChI=1S/C12H12F2N2O3.ClH/c1-7(17)15-9-4-2-8(3-5-9)10-12(13,14)6-19-11(18)16-10;/h2-5,10H,6H2,1H3,(H,15,17)(H,16,18);1H/t10-;/m0./s1. The molecule has 1 aliphatic rings. The van der Waals surface area contributed by atoms with Crippen LogP contribution in [-0.4, -0.2) is 24.5 Å². The normalized spacial score (nSPS) is 20.1. The number of hydrogen-bond acceptors (Lipinski definition) is 3. The number of alkyl halides is 2. The second-order valence-corrected chi connectivity index (χ2v) is 4.22. The van der Waals surface area contributed by atoms with Crippen molar-refractivity contribution in [1.29, 1.82) is 0 Å². The summed E-state index contributed by atoms with van der Waals surface area (Å²) in [5.74, 6) is -3.43. The van der Waals surface area contributed by atoms with E-state index in [4.69, 9.17) is 0 Å². The van der Waals surface area contributed by atoms with E-state index in [0.29, 0.717) is 5.69 Å². The van der Waals surface area contributed by atoms with Gasteiger partial charge in [0.2, 0.25) is 5.91 Å². The molecule has 1 atom stereocenters. The lowest BCUT2D eigenvalue weighted by Crippen LogP contribution is -2.49. The van der Waals surface area contributed by atoms with Crippen LogP contribution in [0.2, 0.25) is 0 Å². The minimum atomic E-state index is -3.18. The maximum atomic E-state index is 13.6. The number of amides is 2. The maximum Gasteiger partial charge on any atom is 0.408 e. The molecule has 5 nitrogen and oxygen atoms in total. The number of carbonyl (C=O) groups excluding carboxylic acids is 2. The first-order valence-corrected chi connectivity index (χ1v) is 5.57. The van der Waals surface area contributed by atoms with Crippen LogP contribution in [0.1, 0.15) is 18.5 Å². The minimum absolute atomic E-state index is 0. The molecule has 2 N–H and O–H groups in total. The van der Waals surface area contributed by atoms with Crippen molar-refractivity contribution in [3.05, 3.63) is 29.8 Å². The number of nitrogens with one attached hydrogen (secondary N) is 2. The summed E-state index contributed by atoms with van der Waals surface area (Å²) in [6.45, 7) is 0.401. The maximum absolute atomic E-state index is 13.6. The van der Waals surface area contributed by atoms with Crippen molar-refractivity contribution in [2.24, 2.45) is 0 Å². The Labute approximate surface area is 120 Å². The smallest absolute Gasteiger partial charge is 0.408 e. The Morgan fingerprint density at radius 1 is 1.40 bits per heavy atom. The molecule has 2 rings (SSSR count). The third-order valence-corrected chi connectivity index (χ3v) is 2.64. The van der Waals surface area contributed by atoms with Gasteiger partial charge >= 0.3 is 12.0 Å². The molecule has 1 aliphatic heterocycles. The molecule has 0 spiro atoms. The van der Waals surface area contributed by atoms with Gasteiger partial charge in [0.1, 0.15) is 6.04 Å². The van der Waals surface area contributed by atoms with Crippen LogP contribution in [0.3, 0.4) is 0 Å². The summed E-state index contributed by atoms with van der Waals surface area (Å²) in [6.07, 6.45) is -0.873. The minimum Gasteiger partial charge on any atom is -0.443 e. The van der Waals surface area contributed by atoms with E-state index >= 15 is 0 Å². The molecule has 1 aromatic carbocycles. The number of anilines is 1. The number of hydrogen-bond donors (Lipinski definition) is 2. The Kier molecular flexibility index (Phi) is 4.88. The van der Waals surface area contributed by atoms with Crippen molar-refractivity contribution < 1.29 is 23.1 Å². The second kappa shape index (κ2) is 6.04. The van der Waals surface area contributed by atoms with Gasteiger partial charge in [0.15, 0.2) is 6.61 Å². The van der Waals surface area contributed by atoms with E-state index in [1.807, 2.05) is 0 Å². The molecule has 1 heterocycles. The van der Waals surface area contributed by atoms with Crippen LogP contribution < -0.4 is 10.6 Å². The van der Waals surface area contributed by atoms with Gasteiger partial charge in [-0.25, -0.2) is 13.6 Å². The van der Waals surface area contributed by atoms with E-state index in [1.165, 1.54) is 31.2 Å². The number of carbonyl (C=O) groups is 2. The van der Waals surface area contributed by atoms with E-state index in [0.717, 1.165) is 0 Å². The largest absolute Gasteiger partial charge is 0.443 e. The Morgan fingerprint density at radius 2 is 2.00 bits per heavy atom. The fraction of sp³-hybridized carbons (Fsp3) is 0.333. The molecule has 0 aliphatic carbocycles. The summed E-state index contributed by atoms with van der Waals surface area (Å²) in [7, 11) is 0. The van der Waals surface area contributed by atoms with Crippen LogP contribution >= 0.6 is 12.4 Å². The van der Waals surface area contributed by atoms with Crippen molar-refractivity contribution in [3.63, 3.8) is 0 Å².